The fraction of sp³-hybridized carbons (Fsp3) is 0.250. The minimum absolute atomic E-state index is 0.291. The topological polar surface area (TPSA) is 91.6 Å². The number of carboxylic acids is 1. The first kappa shape index (κ1) is 28.2. The summed E-state index contributed by atoms with van der Waals surface area (Å²) < 4.78 is 11.9. The number of amides is 1. The van der Waals surface area contributed by atoms with Gasteiger partial charge in [-0.1, -0.05) is 60.2 Å². The lowest BCUT2D eigenvalue weighted by Crippen LogP contribution is -2.48. The quantitative estimate of drug-likeness (QED) is 0.252. The maximum atomic E-state index is 13.2. The summed E-state index contributed by atoms with van der Waals surface area (Å²) in [6.45, 7) is 4.64. The fourth-order valence-corrected chi connectivity index (χ4v) is 4.77. The predicted molar refractivity (Wildman–Crippen MR) is 153 cm³/mol. The Morgan fingerprint density at radius 2 is 1.72 bits per heavy atom. The highest BCUT2D eigenvalue weighted by atomic mass is 32.2. The van der Waals surface area contributed by atoms with Crippen LogP contribution in [0.4, 0.5) is 0 Å². The molecule has 1 aromatic heterocycles. The van der Waals surface area contributed by atoms with E-state index >= 15 is 0 Å². The average Bonchev–Trinajstić information content (AvgIpc) is 3.40. The summed E-state index contributed by atoms with van der Waals surface area (Å²) in [7, 11) is 0. The second-order valence-corrected chi connectivity index (χ2v) is 10.4. The van der Waals surface area contributed by atoms with E-state index in [9.17, 15) is 14.7 Å². The molecule has 0 fully saturated rings. The Bertz CT molecular complexity index is 1430. The van der Waals surface area contributed by atoms with Gasteiger partial charge in [0.15, 0.2) is 0 Å². The Hall–Kier alpha value is -3.81. The Balaban J connectivity index is 1.50. The van der Waals surface area contributed by atoms with Crippen molar-refractivity contribution in [3.63, 3.8) is 0 Å². The highest BCUT2D eigenvalue weighted by Gasteiger charge is 2.19. The number of ether oxygens (including phenoxy) is 1. The predicted octanol–water partition coefficient (Wildman–Crippen LogP) is 5.55. The minimum Gasteiger partial charge on any atom is -0.548 e. The van der Waals surface area contributed by atoms with Crippen LogP contribution in [0.15, 0.2) is 83.3 Å². The van der Waals surface area contributed by atoms with Gasteiger partial charge in [-0.05, 0) is 78.8 Å². The number of hydrogen-bond donors (Lipinski definition) is 1. The van der Waals surface area contributed by atoms with E-state index in [-0.39, 0.29) is 0 Å². The lowest BCUT2D eigenvalue weighted by Gasteiger charge is -2.21. The number of carboxylic acid groups (broad SMARTS) is 1. The molecule has 1 amide bonds. The minimum atomic E-state index is -1.29. The number of benzene rings is 3. The molecule has 1 N–H and O–H groups in total. The molecule has 4 rings (SSSR count). The molecule has 0 unspecified atom stereocenters. The number of hydrogen-bond acceptors (Lipinski definition) is 6. The van der Waals surface area contributed by atoms with Gasteiger partial charge in [-0.3, -0.25) is 4.79 Å². The monoisotopic (exact) mass is 542 g/mol. The normalized spacial score (nSPS) is 11.8. The van der Waals surface area contributed by atoms with Gasteiger partial charge in [0, 0.05) is 11.1 Å². The van der Waals surface area contributed by atoms with Crippen LogP contribution in [0.5, 0.6) is 0 Å². The Kier molecular flexibility index (Phi) is 9.63. The van der Waals surface area contributed by atoms with Gasteiger partial charge in [0.25, 0.3) is 5.91 Å². The average molecular weight is 543 g/mol. The summed E-state index contributed by atoms with van der Waals surface area (Å²) in [4.78, 5) is 24.8. The van der Waals surface area contributed by atoms with Gasteiger partial charge in [-0.15, -0.1) is 0 Å². The second-order valence-electron chi connectivity index (χ2n) is 9.45. The molecular formula is C32H32NO5S-. The lowest BCUT2D eigenvalue weighted by atomic mass is 9.93. The molecule has 3 aromatic carbocycles. The van der Waals surface area contributed by atoms with Crippen LogP contribution in [0.25, 0.3) is 22.5 Å². The molecule has 0 saturated carbocycles. The number of thioether (sulfide) groups is 1. The first-order valence-electron chi connectivity index (χ1n) is 12.8. The standard InChI is InChI=1S/C32H33NO5S/c1-21-8-11-24(12-9-21)30-15-13-25(38-30)20-37-19-23-10-14-27(28(18-23)26-7-5-4-6-22(26)2)31(34)33-29(32(35)36)16-17-39-3/h4-15,18,29H,16-17,19-20H2,1-3H3,(H,33,34)(H,35,36)/p-1/t29-/m0/s1. The molecule has 0 radical (unpaired) electrons. The summed E-state index contributed by atoms with van der Waals surface area (Å²) in [6, 6.07) is 24.2. The number of carbonyl (C=O) groups excluding carboxylic acids is 2. The van der Waals surface area contributed by atoms with E-state index in [4.69, 9.17) is 9.15 Å². The molecule has 0 aliphatic heterocycles. The van der Waals surface area contributed by atoms with Crippen molar-refractivity contribution in [2.45, 2.75) is 39.5 Å². The molecular weight excluding hydrogens is 510 g/mol. The zero-order valence-electron chi connectivity index (χ0n) is 22.4. The van der Waals surface area contributed by atoms with Crippen LogP contribution >= 0.6 is 11.8 Å². The summed E-state index contributed by atoms with van der Waals surface area (Å²) >= 11 is 1.52. The van der Waals surface area contributed by atoms with Crippen molar-refractivity contribution < 1.29 is 23.8 Å². The third-order valence-corrected chi connectivity index (χ3v) is 7.12. The Morgan fingerprint density at radius 3 is 2.44 bits per heavy atom. The van der Waals surface area contributed by atoms with Crippen molar-refractivity contribution in [2.24, 2.45) is 0 Å². The summed E-state index contributed by atoms with van der Waals surface area (Å²) in [6.07, 6.45) is 2.18. The number of aliphatic carboxylic acids is 1. The van der Waals surface area contributed by atoms with E-state index in [1.807, 2.05) is 92.9 Å². The van der Waals surface area contributed by atoms with Crippen LogP contribution in [-0.4, -0.2) is 29.9 Å². The molecule has 7 heteroatoms. The Labute approximate surface area is 233 Å². The van der Waals surface area contributed by atoms with Gasteiger partial charge in [0.1, 0.15) is 18.1 Å². The van der Waals surface area contributed by atoms with Gasteiger partial charge in [-0.25, -0.2) is 0 Å². The molecule has 0 saturated heterocycles. The smallest absolute Gasteiger partial charge is 0.252 e. The van der Waals surface area contributed by atoms with Crippen molar-refractivity contribution >= 4 is 23.6 Å². The van der Waals surface area contributed by atoms with E-state index in [0.29, 0.717) is 36.5 Å². The maximum Gasteiger partial charge on any atom is 0.252 e. The maximum absolute atomic E-state index is 13.2. The summed E-state index contributed by atoms with van der Waals surface area (Å²) in [5, 5.41) is 14.2. The SMILES string of the molecule is CSCC[C@H](NC(=O)c1ccc(COCc2ccc(-c3ccc(C)cc3)o2)cc1-c1ccccc1C)C(=O)[O-]. The van der Waals surface area contributed by atoms with Crippen LogP contribution in [0.2, 0.25) is 0 Å². The largest absolute Gasteiger partial charge is 0.548 e. The van der Waals surface area contributed by atoms with Crippen molar-refractivity contribution in [2.75, 3.05) is 12.0 Å². The lowest BCUT2D eigenvalue weighted by molar-refractivity contribution is -0.308. The van der Waals surface area contributed by atoms with Crippen LogP contribution in [0.3, 0.4) is 0 Å². The van der Waals surface area contributed by atoms with Crippen LogP contribution in [-0.2, 0) is 22.7 Å². The van der Waals surface area contributed by atoms with Crippen LogP contribution < -0.4 is 10.4 Å². The highest BCUT2D eigenvalue weighted by molar-refractivity contribution is 7.98. The molecule has 4 aromatic rings. The number of rotatable bonds is 12. The van der Waals surface area contributed by atoms with Crippen LogP contribution in [0, 0.1) is 13.8 Å². The molecule has 6 nitrogen and oxygen atoms in total. The van der Waals surface area contributed by atoms with E-state index in [0.717, 1.165) is 33.8 Å². The third kappa shape index (κ3) is 7.40. The van der Waals surface area contributed by atoms with Gasteiger partial charge in [0.05, 0.1) is 18.6 Å². The van der Waals surface area contributed by atoms with Crippen molar-refractivity contribution in [1.82, 2.24) is 5.32 Å². The molecule has 202 valence electrons. The van der Waals surface area contributed by atoms with E-state index in [2.05, 4.69) is 5.32 Å². The summed E-state index contributed by atoms with van der Waals surface area (Å²) in [5.74, 6) is 0.373. The highest BCUT2D eigenvalue weighted by Crippen LogP contribution is 2.29. The van der Waals surface area contributed by atoms with Gasteiger partial charge in [-0.2, -0.15) is 11.8 Å². The van der Waals surface area contributed by atoms with E-state index < -0.39 is 17.9 Å². The van der Waals surface area contributed by atoms with E-state index in [1.165, 1.54) is 17.3 Å². The van der Waals surface area contributed by atoms with Gasteiger partial charge < -0.3 is 24.4 Å². The van der Waals surface area contributed by atoms with Crippen molar-refractivity contribution in [1.29, 1.82) is 0 Å². The van der Waals surface area contributed by atoms with Gasteiger partial charge in [0.2, 0.25) is 0 Å². The zero-order chi connectivity index (χ0) is 27.8. The molecule has 0 aliphatic carbocycles. The first-order valence-corrected chi connectivity index (χ1v) is 14.2. The number of furan rings is 1. The Morgan fingerprint density at radius 1 is 0.949 bits per heavy atom. The molecule has 39 heavy (non-hydrogen) atoms. The second kappa shape index (κ2) is 13.3. The molecule has 1 heterocycles. The fourth-order valence-electron chi connectivity index (χ4n) is 4.30. The zero-order valence-corrected chi connectivity index (χ0v) is 23.2. The van der Waals surface area contributed by atoms with Crippen LogP contribution in [0.1, 0.15) is 39.2 Å². The molecule has 1 atom stereocenters. The van der Waals surface area contributed by atoms with Crippen molar-refractivity contribution in [3.8, 4) is 22.5 Å². The first-order chi connectivity index (χ1) is 18.9. The third-order valence-electron chi connectivity index (χ3n) is 6.48. The van der Waals surface area contributed by atoms with Gasteiger partial charge >= 0.3 is 0 Å². The van der Waals surface area contributed by atoms with E-state index in [1.54, 1.807) is 6.07 Å². The molecule has 0 spiro atoms. The molecule has 0 aliphatic rings. The van der Waals surface area contributed by atoms with Crippen molar-refractivity contribution in [3.05, 3.63) is 107 Å². The molecule has 0 bridgehead atoms. The number of carbonyl (C=O) groups is 2. The number of aryl methyl sites for hydroxylation is 2. The number of nitrogens with one attached hydrogen (secondary N) is 1. The summed E-state index contributed by atoms with van der Waals surface area (Å²) in [5.41, 5.74) is 6.10.